The van der Waals surface area contributed by atoms with Crippen LogP contribution in [0.3, 0.4) is 0 Å². The number of alkyl halides is 2. The van der Waals surface area contributed by atoms with Crippen molar-refractivity contribution in [1.82, 2.24) is 14.7 Å². The molecule has 0 radical (unpaired) electrons. The molecule has 1 aromatic heterocycles. The minimum Gasteiger partial charge on any atom is -0.393 e. The van der Waals surface area contributed by atoms with E-state index in [1.165, 1.54) is 6.20 Å². The summed E-state index contributed by atoms with van der Waals surface area (Å²) in [5, 5.41) is 16.5. The number of fused-ring (bicyclic) bond motifs is 2. The fourth-order valence-electron chi connectivity index (χ4n) is 4.55. The Kier molecular flexibility index (Phi) is 5.74. The second-order valence-corrected chi connectivity index (χ2v) is 8.75. The fraction of sp³-hybridized carbons (Fsp3) is 0.500. The number of nitrogens with one attached hydrogen (secondary N) is 1. The Hall–Kier alpha value is -2.88. The largest absolute Gasteiger partial charge is 0.393 e. The molecule has 2 amide bonds. The summed E-state index contributed by atoms with van der Waals surface area (Å²) in [5.41, 5.74) is -0.984. The van der Waals surface area contributed by atoms with Gasteiger partial charge in [-0.05, 0) is 57.7 Å². The molecule has 32 heavy (non-hydrogen) atoms. The number of halogens is 3. The summed E-state index contributed by atoms with van der Waals surface area (Å²) in [5.74, 6) is -7.63. The molecule has 2 fully saturated rings. The van der Waals surface area contributed by atoms with Crippen LogP contribution in [-0.4, -0.2) is 49.8 Å². The number of nitrogens with zero attached hydrogens (tertiary/aromatic N) is 3. The summed E-state index contributed by atoms with van der Waals surface area (Å²) in [6, 6.07) is 1.65. The van der Waals surface area contributed by atoms with E-state index in [-0.39, 0.29) is 24.4 Å². The van der Waals surface area contributed by atoms with E-state index in [2.05, 4.69) is 10.4 Å². The van der Waals surface area contributed by atoms with Crippen molar-refractivity contribution >= 4 is 17.5 Å². The molecule has 2 N–H and O–H groups in total. The number of benzene rings is 1. The van der Waals surface area contributed by atoms with Crippen molar-refractivity contribution in [3.8, 4) is 0 Å². The molecule has 2 bridgehead atoms. The Labute approximate surface area is 183 Å². The van der Waals surface area contributed by atoms with Crippen LogP contribution >= 0.6 is 0 Å². The maximum absolute atomic E-state index is 15.2. The van der Waals surface area contributed by atoms with E-state index >= 15 is 8.78 Å². The van der Waals surface area contributed by atoms with Crippen molar-refractivity contribution in [2.45, 2.75) is 69.7 Å². The Balaban J connectivity index is 1.57. The van der Waals surface area contributed by atoms with Crippen LogP contribution in [0.25, 0.3) is 0 Å². The van der Waals surface area contributed by atoms with Crippen LogP contribution in [0.2, 0.25) is 0 Å². The third-order valence-corrected chi connectivity index (χ3v) is 6.17. The first-order valence-electron chi connectivity index (χ1n) is 10.6. The van der Waals surface area contributed by atoms with Crippen molar-refractivity contribution in [2.75, 3.05) is 5.32 Å². The van der Waals surface area contributed by atoms with Gasteiger partial charge >= 0.3 is 5.92 Å². The van der Waals surface area contributed by atoms with Gasteiger partial charge in [-0.3, -0.25) is 14.3 Å². The molecule has 2 unspecified atom stereocenters. The Morgan fingerprint density at radius 3 is 2.47 bits per heavy atom. The molecule has 2 aromatic rings. The van der Waals surface area contributed by atoms with Crippen molar-refractivity contribution in [3.05, 3.63) is 47.5 Å². The Bertz CT molecular complexity index is 1030. The predicted molar refractivity (Wildman–Crippen MR) is 110 cm³/mol. The third kappa shape index (κ3) is 3.99. The summed E-state index contributed by atoms with van der Waals surface area (Å²) in [6.07, 6.45) is 3.89. The number of hydrogen-bond acceptors (Lipinski definition) is 4. The van der Waals surface area contributed by atoms with Gasteiger partial charge in [-0.25, -0.2) is 4.39 Å². The highest BCUT2D eigenvalue weighted by molar-refractivity contribution is 6.04. The summed E-state index contributed by atoms with van der Waals surface area (Å²) >= 11 is 0. The van der Waals surface area contributed by atoms with Crippen LogP contribution in [-0.2, 0) is 10.7 Å². The minimum absolute atomic E-state index is 0.0639. The highest BCUT2D eigenvalue weighted by Crippen LogP contribution is 2.41. The van der Waals surface area contributed by atoms with Crippen LogP contribution in [0.5, 0.6) is 0 Å². The van der Waals surface area contributed by atoms with E-state index in [0.29, 0.717) is 18.5 Å². The van der Waals surface area contributed by atoms with E-state index in [1.807, 2.05) is 13.8 Å². The highest BCUT2D eigenvalue weighted by Gasteiger charge is 2.53. The van der Waals surface area contributed by atoms with Crippen LogP contribution in [0, 0.1) is 5.82 Å². The number of aromatic nitrogens is 2. The van der Waals surface area contributed by atoms with Crippen molar-refractivity contribution < 1.29 is 27.9 Å². The number of carbonyl (C=O) groups excluding carboxylic acids is 2. The zero-order valence-electron chi connectivity index (χ0n) is 17.8. The number of aliphatic hydroxyl groups is 1. The number of carbonyl (C=O) groups is 2. The zero-order chi connectivity index (χ0) is 23.2. The van der Waals surface area contributed by atoms with Crippen LogP contribution < -0.4 is 5.32 Å². The van der Waals surface area contributed by atoms with Gasteiger partial charge in [0.2, 0.25) is 0 Å². The molecule has 2 aliphatic rings. The number of rotatable bonds is 5. The summed E-state index contributed by atoms with van der Waals surface area (Å²) in [7, 11) is 0. The molecular weight excluding hydrogens is 425 g/mol. The van der Waals surface area contributed by atoms with Gasteiger partial charge in [0, 0.05) is 29.9 Å². The molecule has 2 aliphatic heterocycles. The molecule has 2 saturated heterocycles. The van der Waals surface area contributed by atoms with Gasteiger partial charge in [0.15, 0.2) is 0 Å². The lowest BCUT2D eigenvalue weighted by molar-refractivity contribution is -0.166. The van der Waals surface area contributed by atoms with E-state index in [1.54, 1.807) is 10.9 Å². The average Bonchev–Trinajstić information content (AvgIpc) is 3.30. The molecule has 7 nitrogen and oxygen atoms in total. The normalized spacial score (nSPS) is 23.0. The van der Waals surface area contributed by atoms with Gasteiger partial charge in [-0.15, -0.1) is 0 Å². The number of anilines is 1. The molecule has 3 heterocycles. The minimum atomic E-state index is -4.15. The monoisotopic (exact) mass is 450 g/mol. The lowest BCUT2D eigenvalue weighted by Crippen LogP contribution is -2.53. The number of aliphatic hydroxyl groups excluding tert-OH is 1. The molecular formula is C22H25F3N4O3. The van der Waals surface area contributed by atoms with Gasteiger partial charge < -0.3 is 15.3 Å². The van der Waals surface area contributed by atoms with E-state index in [9.17, 15) is 19.1 Å². The predicted octanol–water partition coefficient (Wildman–Crippen LogP) is 3.46. The molecule has 0 saturated carbocycles. The number of hydrogen-bond donors (Lipinski definition) is 2. The molecule has 4 rings (SSSR count). The maximum Gasteiger partial charge on any atom is 0.352 e. The molecule has 10 heteroatoms. The lowest BCUT2D eigenvalue weighted by Gasteiger charge is -2.39. The van der Waals surface area contributed by atoms with Crippen LogP contribution in [0.4, 0.5) is 18.9 Å². The first kappa shape index (κ1) is 22.3. The van der Waals surface area contributed by atoms with E-state index in [4.69, 9.17) is 0 Å². The first-order valence-corrected chi connectivity index (χ1v) is 10.6. The zero-order valence-corrected chi connectivity index (χ0v) is 17.8. The quantitative estimate of drug-likeness (QED) is 0.731. The van der Waals surface area contributed by atoms with Gasteiger partial charge in [0.1, 0.15) is 5.82 Å². The lowest BCUT2D eigenvalue weighted by atomic mass is 9.96. The molecule has 1 aromatic carbocycles. The van der Waals surface area contributed by atoms with Crippen LogP contribution in [0.1, 0.15) is 61.5 Å². The Morgan fingerprint density at radius 1 is 1.22 bits per heavy atom. The summed E-state index contributed by atoms with van der Waals surface area (Å²) < 4.78 is 46.4. The summed E-state index contributed by atoms with van der Waals surface area (Å²) in [4.78, 5) is 26.5. The fourth-order valence-corrected chi connectivity index (χ4v) is 4.55. The summed E-state index contributed by atoms with van der Waals surface area (Å²) in [6.45, 7) is 3.80. The Morgan fingerprint density at radius 2 is 1.88 bits per heavy atom. The van der Waals surface area contributed by atoms with E-state index in [0.717, 1.165) is 23.1 Å². The van der Waals surface area contributed by atoms with Crippen molar-refractivity contribution in [1.29, 1.82) is 0 Å². The topological polar surface area (TPSA) is 87.5 Å². The molecule has 0 spiro atoms. The number of piperidine rings is 1. The van der Waals surface area contributed by atoms with Gasteiger partial charge in [0.05, 0.1) is 23.6 Å². The average molecular weight is 450 g/mol. The van der Waals surface area contributed by atoms with Crippen LogP contribution in [0.15, 0.2) is 30.6 Å². The second-order valence-electron chi connectivity index (χ2n) is 8.75. The molecule has 0 aliphatic carbocycles. The maximum atomic E-state index is 15.2. The van der Waals surface area contributed by atoms with Gasteiger partial charge in [-0.1, -0.05) is 0 Å². The van der Waals surface area contributed by atoms with Gasteiger partial charge in [-0.2, -0.15) is 13.9 Å². The smallest absolute Gasteiger partial charge is 0.352 e. The molecule has 3 atom stereocenters. The SMILES string of the molecule is CC(C)n1cc(NC(=O)c2ccc(F)c(C(F)(F)C(=O)N3C4CC[C@@H]3CC(O)C4)c2)cn1. The van der Waals surface area contributed by atoms with Crippen molar-refractivity contribution in [2.24, 2.45) is 0 Å². The number of amides is 2. The van der Waals surface area contributed by atoms with E-state index < -0.39 is 47.3 Å². The second kappa shape index (κ2) is 8.23. The van der Waals surface area contributed by atoms with Gasteiger partial charge in [0.25, 0.3) is 11.8 Å². The highest BCUT2D eigenvalue weighted by atomic mass is 19.3. The third-order valence-electron chi connectivity index (χ3n) is 6.17. The van der Waals surface area contributed by atoms with Crippen molar-refractivity contribution in [3.63, 3.8) is 0 Å². The molecule has 172 valence electrons. The first-order chi connectivity index (χ1) is 15.1. The standard InChI is InChI=1S/C22H25F3N4O3/c1-12(2)28-11-14(10-26-28)27-20(31)13-3-6-19(23)18(7-13)22(24,25)21(32)29-15-4-5-16(29)9-17(30)8-15/h3,6-7,10-12,15-17,30H,4-5,8-9H2,1-2H3,(H,27,31)/t15-,16?,17?/m1/s1.